The Bertz CT molecular complexity index is 588. The van der Waals surface area contributed by atoms with Crippen LogP contribution in [0.5, 0.6) is 0 Å². The molecular weight excluding hydrogens is 252 g/mol. The second-order valence-electron chi connectivity index (χ2n) is 4.25. The van der Waals surface area contributed by atoms with Crippen LogP contribution in [-0.4, -0.2) is 36.2 Å². The van der Waals surface area contributed by atoms with E-state index in [1.54, 1.807) is 0 Å². The highest BCUT2D eigenvalue weighted by molar-refractivity contribution is 5.86. The lowest BCUT2D eigenvalue weighted by Gasteiger charge is -2.01. The van der Waals surface area contributed by atoms with Crippen molar-refractivity contribution in [2.24, 2.45) is 5.73 Å². The summed E-state index contributed by atoms with van der Waals surface area (Å²) in [5.74, 6) is -0.0972. The fraction of sp³-hybridized carbons (Fsp3) is 0.500. The van der Waals surface area contributed by atoms with Crippen LogP contribution in [0.25, 0.3) is 0 Å². The average Bonchev–Trinajstić information content (AvgIpc) is 2.95. The third-order valence-corrected chi connectivity index (χ3v) is 2.52. The van der Waals surface area contributed by atoms with Gasteiger partial charge in [-0.15, -0.1) is 5.10 Å². The molecule has 2 rings (SSSR count). The minimum atomic E-state index is -1.17. The summed E-state index contributed by atoms with van der Waals surface area (Å²) in [5, 5.41) is 20.0. The van der Waals surface area contributed by atoms with E-state index in [2.05, 4.69) is 20.5 Å². The fourth-order valence-electron chi connectivity index (χ4n) is 1.52. The highest BCUT2D eigenvalue weighted by Crippen LogP contribution is 2.12. The third kappa shape index (κ3) is 2.60. The number of aromatic carboxylic acids is 1. The van der Waals surface area contributed by atoms with Crippen molar-refractivity contribution in [1.82, 2.24) is 25.1 Å². The van der Waals surface area contributed by atoms with E-state index >= 15 is 0 Å². The van der Waals surface area contributed by atoms with Gasteiger partial charge in [-0.25, -0.2) is 9.48 Å². The Balaban J connectivity index is 2.25. The molecule has 0 saturated carbocycles. The van der Waals surface area contributed by atoms with Crippen molar-refractivity contribution in [2.45, 2.75) is 32.9 Å². The zero-order valence-electron chi connectivity index (χ0n) is 10.6. The molecule has 0 spiro atoms. The number of carbonyl (C=O) groups is 1. The molecule has 9 heteroatoms. The summed E-state index contributed by atoms with van der Waals surface area (Å²) in [6.45, 7) is 4.04. The summed E-state index contributed by atoms with van der Waals surface area (Å²) < 4.78 is 6.41. The first-order chi connectivity index (χ1) is 9.02. The summed E-state index contributed by atoms with van der Waals surface area (Å²) in [4.78, 5) is 15.1. The number of hydrogen-bond acceptors (Lipinski definition) is 7. The first-order valence-electron chi connectivity index (χ1n) is 5.71. The zero-order chi connectivity index (χ0) is 14.0. The molecule has 0 atom stereocenters. The van der Waals surface area contributed by atoms with Gasteiger partial charge < -0.3 is 15.4 Å². The Morgan fingerprint density at radius 3 is 2.79 bits per heavy atom. The van der Waals surface area contributed by atoms with Gasteiger partial charge in [0.1, 0.15) is 6.54 Å². The van der Waals surface area contributed by atoms with E-state index in [4.69, 9.17) is 15.4 Å². The monoisotopic (exact) mass is 266 g/mol. The molecule has 0 aliphatic rings. The van der Waals surface area contributed by atoms with Crippen LogP contribution in [0, 0.1) is 0 Å². The Labute approximate surface area is 108 Å². The molecule has 0 unspecified atom stereocenters. The van der Waals surface area contributed by atoms with Crippen LogP contribution in [0.4, 0.5) is 0 Å². The summed E-state index contributed by atoms with van der Waals surface area (Å²) in [5.41, 5.74) is 5.67. The van der Waals surface area contributed by atoms with E-state index in [0.29, 0.717) is 17.4 Å². The van der Waals surface area contributed by atoms with E-state index in [-0.39, 0.29) is 24.7 Å². The molecular formula is C10H14N6O3. The van der Waals surface area contributed by atoms with Crippen molar-refractivity contribution in [2.75, 3.05) is 0 Å². The van der Waals surface area contributed by atoms with Gasteiger partial charge in [-0.05, 0) is 0 Å². The van der Waals surface area contributed by atoms with E-state index in [1.165, 1.54) is 4.68 Å². The van der Waals surface area contributed by atoms with Crippen LogP contribution in [0.2, 0.25) is 0 Å². The number of aromatic nitrogens is 5. The summed E-state index contributed by atoms with van der Waals surface area (Å²) >= 11 is 0. The lowest BCUT2D eigenvalue weighted by atomic mass is 10.2. The van der Waals surface area contributed by atoms with Crippen LogP contribution in [-0.2, 0) is 13.1 Å². The first-order valence-corrected chi connectivity index (χ1v) is 5.71. The second kappa shape index (κ2) is 5.14. The van der Waals surface area contributed by atoms with Crippen molar-refractivity contribution in [3.63, 3.8) is 0 Å². The van der Waals surface area contributed by atoms with Crippen LogP contribution >= 0.6 is 0 Å². The fourth-order valence-corrected chi connectivity index (χ4v) is 1.52. The van der Waals surface area contributed by atoms with Crippen molar-refractivity contribution in [1.29, 1.82) is 0 Å². The summed E-state index contributed by atoms with van der Waals surface area (Å²) in [7, 11) is 0. The molecule has 0 saturated heterocycles. The SMILES string of the molecule is CC(C)c1noc(Cn2nnc(C(=O)O)c2CN)n1. The lowest BCUT2D eigenvalue weighted by Crippen LogP contribution is -2.13. The molecule has 102 valence electrons. The summed E-state index contributed by atoms with van der Waals surface area (Å²) in [6, 6.07) is 0. The molecule has 2 aromatic heterocycles. The molecule has 0 bridgehead atoms. The van der Waals surface area contributed by atoms with E-state index in [1.807, 2.05) is 13.8 Å². The second-order valence-corrected chi connectivity index (χ2v) is 4.25. The van der Waals surface area contributed by atoms with Crippen molar-refractivity contribution in [3.8, 4) is 0 Å². The number of hydrogen-bond donors (Lipinski definition) is 2. The van der Waals surface area contributed by atoms with Crippen LogP contribution in [0.1, 0.15) is 47.7 Å². The van der Waals surface area contributed by atoms with Gasteiger partial charge in [0, 0.05) is 12.5 Å². The quantitative estimate of drug-likeness (QED) is 0.771. The van der Waals surface area contributed by atoms with Gasteiger partial charge in [-0.1, -0.05) is 24.2 Å². The molecule has 0 amide bonds. The number of nitrogens with two attached hydrogens (primary N) is 1. The molecule has 2 heterocycles. The maximum absolute atomic E-state index is 10.9. The normalized spacial score (nSPS) is 11.2. The minimum Gasteiger partial charge on any atom is -0.476 e. The zero-order valence-corrected chi connectivity index (χ0v) is 10.6. The van der Waals surface area contributed by atoms with Crippen LogP contribution in [0.15, 0.2) is 4.52 Å². The Morgan fingerprint density at radius 2 is 2.26 bits per heavy atom. The average molecular weight is 266 g/mol. The Morgan fingerprint density at radius 1 is 1.53 bits per heavy atom. The predicted octanol–water partition coefficient (Wildman–Crippen LogP) is -0.0103. The first kappa shape index (κ1) is 13.1. The maximum atomic E-state index is 10.9. The predicted molar refractivity (Wildman–Crippen MR) is 62.4 cm³/mol. The third-order valence-electron chi connectivity index (χ3n) is 2.52. The van der Waals surface area contributed by atoms with E-state index < -0.39 is 5.97 Å². The molecule has 19 heavy (non-hydrogen) atoms. The molecule has 0 aliphatic carbocycles. The van der Waals surface area contributed by atoms with Crippen molar-refractivity contribution >= 4 is 5.97 Å². The van der Waals surface area contributed by atoms with Gasteiger partial charge in [0.05, 0.1) is 5.69 Å². The van der Waals surface area contributed by atoms with Crippen molar-refractivity contribution in [3.05, 3.63) is 23.1 Å². The summed E-state index contributed by atoms with van der Waals surface area (Å²) in [6.07, 6.45) is 0. The highest BCUT2D eigenvalue weighted by atomic mass is 16.5. The number of nitrogens with zero attached hydrogens (tertiary/aromatic N) is 5. The van der Waals surface area contributed by atoms with Crippen molar-refractivity contribution < 1.29 is 14.4 Å². The molecule has 0 aromatic carbocycles. The lowest BCUT2D eigenvalue weighted by molar-refractivity contribution is 0.0689. The van der Waals surface area contributed by atoms with Gasteiger partial charge in [0.2, 0.25) is 5.89 Å². The minimum absolute atomic E-state index is 0.0137. The van der Waals surface area contributed by atoms with E-state index in [9.17, 15) is 4.79 Å². The van der Waals surface area contributed by atoms with Crippen LogP contribution in [0.3, 0.4) is 0 Å². The van der Waals surface area contributed by atoms with Gasteiger partial charge >= 0.3 is 5.97 Å². The van der Waals surface area contributed by atoms with Gasteiger partial charge in [0.25, 0.3) is 0 Å². The van der Waals surface area contributed by atoms with Gasteiger partial charge in [0.15, 0.2) is 11.5 Å². The molecule has 9 nitrogen and oxygen atoms in total. The van der Waals surface area contributed by atoms with Crippen LogP contribution < -0.4 is 5.73 Å². The Hall–Kier alpha value is -2.29. The molecule has 0 aliphatic heterocycles. The largest absolute Gasteiger partial charge is 0.476 e. The van der Waals surface area contributed by atoms with Gasteiger partial charge in [-0.2, -0.15) is 4.98 Å². The Kier molecular flexibility index (Phi) is 3.56. The molecule has 0 fully saturated rings. The van der Waals surface area contributed by atoms with Gasteiger partial charge in [-0.3, -0.25) is 0 Å². The highest BCUT2D eigenvalue weighted by Gasteiger charge is 2.19. The maximum Gasteiger partial charge on any atom is 0.358 e. The van der Waals surface area contributed by atoms with E-state index in [0.717, 1.165) is 0 Å². The smallest absolute Gasteiger partial charge is 0.358 e. The topological polar surface area (TPSA) is 133 Å². The standard InChI is InChI=1S/C10H14N6O3/c1-5(2)9-12-7(19-14-9)4-16-6(3-11)8(10(17)18)13-15-16/h5H,3-4,11H2,1-2H3,(H,17,18). The molecule has 2 aromatic rings. The number of rotatable bonds is 5. The number of carboxylic acids is 1. The molecule has 0 radical (unpaired) electrons. The molecule has 3 N–H and O–H groups in total. The number of carboxylic acid groups (broad SMARTS) is 1.